The van der Waals surface area contributed by atoms with Crippen LogP contribution in [0.2, 0.25) is 0 Å². The molecule has 0 bridgehead atoms. The number of hydrogen-bond donors (Lipinski definition) is 1. The van der Waals surface area contributed by atoms with Crippen LogP contribution in [0.3, 0.4) is 0 Å². The molecule has 0 unspecified atom stereocenters. The Hall–Kier alpha value is -2.90. The number of hydrogen-bond acceptors (Lipinski definition) is 5. The van der Waals surface area contributed by atoms with Gasteiger partial charge in [0.2, 0.25) is 5.91 Å². The third-order valence-corrected chi connectivity index (χ3v) is 7.64. The van der Waals surface area contributed by atoms with Gasteiger partial charge in [0, 0.05) is 56.9 Å². The standard InChI is InChI=1S/C28H36N4O3/c33-27(32-19-17-31(18-20-32)24-5-4-6-24)21-30-15-13-23(14-16-30)29-28(34)22-9-11-26(12-10-22)35-25-7-2-1-3-8-25/h1-3,7-12,23-24H,4-6,13-21H2,(H,29,34). The first-order chi connectivity index (χ1) is 17.1. The van der Waals surface area contributed by atoms with E-state index in [-0.39, 0.29) is 17.9 Å². The molecule has 0 radical (unpaired) electrons. The highest BCUT2D eigenvalue weighted by atomic mass is 16.5. The largest absolute Gasteiger partial charge is 0.457 e. The van der Waals surface area contributed by atoms with Crippen LogP contribution in [-0.2, 0) is 4.79 Å². The fourth-order valence-corrected chi connectivity index (χ4v) is 5.18. The van der Waals surface area contributed by atoms with Gasteiger partial charge in [-0.2, -0.15) is 0 Å². The fourth-order valence-electron chi connectivity index (χ4n) is 5.18. The Labute approximate surface area is 208 Å². The molecular formula is C28H36N4O3. The van der Waals surface area contributed by atoms with Crippen molar-refractivity contribution in [2.45, 2.75) is 44.2 Å². The number of likely N-dealkylation sites (tertiary alicyclic amines) is 1. The Morgan fingerprint density at radius 2 is 1.46 bits per heavy atom. The second kappa shape index (κ2) is 11.2. The van der Waals surface area contributed by atoms with E-state index in [4.69, 9.17) is 4.74 Å². The SMILES string of the molecule is O=C(NC1CCN(CC(=O)N2CCN(C3CCC3)CC2)CC1)c1ccc(Oc2ccccc2)cc1. The number of carbonyl (C=O) groups excluding carboxylic acids is 2. The van der Waals surface area contributed by atoms with Gasteiger partial charge in [0.05, 0.1) is 6.54 Å². The molecule has 2 aromatic rings. The molecule has 2 aromatic carbocycles. The summed E-state index contributed by atoms with van der Waals surface area (Å²) in [5.74, 6) is 1.66. The predicted molar refractivity (Wildman–Crippen MR) is 136 cm³/mol. The quantitative estimate of drug-likeness (QED) is 0.664. The van der Waals surface area contributed by atoms with E-state index in [0.29, 0.717) is 17.9 Å². The topological polar surface area (TPSA) is 65.1 Å². The molecule has 0 spiro atoms. The number of nitrogens with one attached hydrogen (secondary N) is 1. The number of carbonyl (C=O) groups is 2. The zero-order chi connectivity index (χ0) is 24.0. The molecule has 0 aromatic heterocycles. The highest BCUT2D eigenvalue weighted by Crippen LogP contribution is 2.25. The molecule has 2 heterocycles. The number of ether oxygens (including phenoxy) is 1. The van der Waals surface area contributed by atoms with Crippen LogP contribution >= 0.6 is 0 Å². The van der Waals surface area contributed by atoms with Gasteiger partial charge in [-0.15, -0.1) is 0 Å². The zero-order valence-electron chi connectivity index (χ0n) is 20.4. The summed E-state index contributed by atoms with van der Waals surface area (Å²) in [6, 6.07) is 17.7. The Kier molecular flexibility index (Phi) is 7.64. The van der Waals surface area contributed by atoms with Gasteiger partial charge in [-0.3, -0.25) is 19.4 Å². The van der Waals surface area contributed by atoms with Crippen LogP contribution in [0.1, 0.15) is 42.5 Å². The minimum absolute atomic E-state index is 0.0601. The summed E-state index contributed by atoms with van der Waals surface area (Å²) in [6.07, 6.45) is 5.74. The Balaban J connectivity index is 1.02. The third-order valence-electron chi connectivity index (χ3n) is 7.64. The lowest BCUT2D eigenvalue weighted by Gasteiger charge is -2.43. The van der Waals surface area contributed by atoms with Crippen molar-refractivity contribution in [1.29, 1.82) is 0 Å². The first kappa shape index (κ1) is 23.8. The van der Waals surface area contributed by atoms with E-state index in [2.05, 4.69) is 15.1 Å². The van der Waals surface area contributed by atoms with Crippen LogP contribution < -0.4 is 10.1 Å². The third kappa shape index (κ3) is 6.21. The van der Waals surface area contributed by atoms with Crippen molar-refractivity contribution >= 4 is 11.8 Å². The van der Waals surface area contributed by atoms with E-state index in [9.17, 15) is 9.59 Å². The molecule has 35 heavy (non-hydrogen) atoms. The second-order valence-corrected chi connectivity index (χ2v) is 9.96. The van der Waals surface area contributed by atoms with Crippen LogP contribution in [-0.4, -0.2) is 84.4 Å². The van der Waals surface area contributed by atoms with Gasteiger partial charge in [0.25, 0.3) is 5.91 Å². The Bertz CT molecular complexity index is 977. The number of nitrogens with zero attached hydrogens (tertiary/aromatic N) is 3. The number of piperidine rings is 1. The maximum Gasteiger partial charge on any atom is 0.251 e. The van der Waals surface area contributed by atoms with E-state index >= 15 is 0 Å². The molecule has 0 atom stereocenters. The average Bonchev–Trinajstić information content (AvgIpc) is 2.86. The lowest BCUT2D eigenvalue weighted by molar-refractivity contribution is -0.135. The Morgan fingerprint density at radius 3 is 2.09 bits per heavy atom. The lowest BCUT2D eigenvalue weighted by atomic mass is 9.91. The van der Waals surface area contributed by atoms with Crippen LogP contribution in [0.5, 0.6) is 11.5 Å². The zero-order valence-corrected chi connectivity index (χ0v) is 20.4. The van der Waals surface area contributed by atoms with Gasteiger partial charge in [-0.25, -0.2) is 0 Å². The smallest absolute Gasteiger partial charge is 0.251 e. The molecule has 1 N–H and O–H groups in total. The summed E-state index contributed by atoms with van der Waals surface area (Å²) in [5.41, 5.74) is 0.629. The second-order valence-electron chi connectivity index (χ2n) is 9.96. The van der Waals surface area contributed by atoms with Crippen molar-refractivity contribution in [2.75, 3.05) is 45.8 Å². The number of para-hydroxylation sites is 1. The van der Waals surface area contributed by atoms with E-state index < -0.39 is 0 Å². The molecule has 3 fully saturated rings. The average molecular weight is 477 g/mol. The number of rotatable bonds is 7. The minimum Gasteiger partial charge on any atom is -0.457 e. The molecule has 1 aliphatic carbocycles. The van der Waals surface area contributed by atoms with Crippen LogP contribution in [0.4, 0.5) is 0 Å². The summed E-state index contributed by atoms with van der Waals surface area (Å²) < 4.78 is 5.80. The van der Waals surface area contributed by atoms with E-state index in [0.717, 1.165) is 63.9 Å². The van der Waals surface area contributed by atoms with Crippen LogP contribution in [0, 0.1) is 0 Å². The number of benzene rings is 2. The van der Waals surface area contributed by atoms with Gasteiger partial charge in [-0.05, 0) is 62.1 Å². The van der Waals surface area contributed by atoms with Gasteiger partial charge >= 0.3 is 0 Å². The monoisotopic (exact) mass is 476 g/mol. The normalized spacial score (nSPS) is 20.3. The molecule has 3 aliphatic rings. The summed E-state index contributed by atoms with van der Waals surface area (Å²) >= 11 is 0. The van der Waals surface area contributed by atoms with Crippen molar-refractivity contribution in [1.82, 2.24) is 20.0 Å². The maximum atomic E-state index is 12.8. The highest BCUT2D eigenvalue weighted by Gasteiger charge is 2.30. The number of amides is 2. The van der Waals surface area contributed by atoms with Gasteiger partial charge in [0.1, 0.15) is 11.5 Å². The van der Waals surface area contributed by atoms with Gasteiger partial charge in [0.15, 0.2) is 0 Å². The van der Waals surface area contributed by atoms with Crippen molar-refractivity contribution in [2.24, 2.45) is 0 Å². The molecular weight excluding hydrogens is 440 g/mol. The van der Waals surface area contributed by atoms with E-state index in [1.807, 2.05) is 47.4 Å². The van der Waals surface area contributed by atoms with Crippen molar-refractivity contribution in [3.63, 3.8) is 0 Å². The molecule has 2 amide bonds. The lowest BCUT2D eigenvalue weighted by Crippen LogP contribution is -2.55. The fraction of sp³-hybridized carbons (Fsp3) is 0.500. The van der Waals surface area contributed by atoms with Gasteiger partial charge in [-0.1, -0.05) is 24.6 Å². The first-order valence-electron chi connectivity index (χ1n) is 13.0. The molecule has 7 nitrogen and oxygen atoms in total. The molecule has 2 saturated heterocycles. The van der Waals surface area contributed by atoms with E-state index in [1.54, 1.807) is 12.1 Å². The summed E-state index contributed by atoms with van der Waals surface area (Å²) in [5, 5.41) is 3.16. The molecule has 5 rings (SSSR count). The molecule has 2 aliphatic heterocycles. The minimum atomic E-state index is -0.0601. The van der Waals surface area contributed by atoms with Crippen molar-refractivity contribution in [3.05, 3.63) is 60.2 Å². The molecule has 1 saturated carbocycles. The van der Waals surface area contributed by atoms with Crippen LogP contribution in [0.25, 0.3) is 0 Å². The number of piperazine rings is 1. The molecule has 186 valence electrons. The summed E-state index contributed by atoms with van der Waals surface area (Å²) in [4.78, 5) is 32.3. The predicted octanol–water partition coefficient (Wildman–Crippen LogP) is 3.37. The Morgan fingerprint density at radius 1 is 0.800 bits per heavy atom. The van der Waals surface area contributed by atoms with Crippen molar-refractivity contribution < 1.29 is 14.3 Å². The van der Waals surface area contributed by atoms with E-state index in [1.165, 1.54) is 19.3 Å². The van der Waals surface area contributed by atoms with Crippen molar-refractivity contribution in [3.8, 4) is 11.5 Å². The highest BCUT2D eigenvalue weighted by molar-refractivity contribution is 5.94. The summed E-state index contributed by atoms with van der Waals surface area (Å²) in [6.45, 7) is 5.92. The van der Waals surface area contributed by atoms with Crippen LogP contribution in [0.15, 0.2) is 54.6 Å². The molecule has 7 heteroatoms. The first-order valence-corrected chi connectivity index (χ1v) is 13.0. The maximum absolute atomic E-state index is 12.8. The summed E-state index contributed by atoms with van der Waals surface area (Å²) in [7, 11) is 0. The van der Waals surface area contributed by atoms with Gasteiger partial charge < -0.3 is 15.0 Å².